The number of thiazole rings is 1. The number of carbonyl (C=O) groups is 2. The number of benzene rings is 1. The molecule has 2 amide bonds. The normalized spacial score (nSPS) is 17.7. The second kappa shape index (κ2) is 7.35. The molecule has 5 nitrogen and oxygen atoms in total. The van der Waals surface area contributed by atoms with Crippen LogP contribution in [-0.4, -0.2) is 27.7 Å². The van der Waals surface area contributed by atoms with E-state index in [0.29, 0.717) is 13.0 Å². The van der Waals surface area contributed by atoms with Crippen molar-refractivity contribution in [3.05, 3.63) is 46.6 Å². The summed E-state index contributed by atoms with van der Waals surface area (Å²) in [7, 11) is 0. The van der Waals surface area contributed by atoms with Crippen molar-refractivity contribution < 1.29 is 9.59 Å². The third kappa shape index (κ3) is 3.58. The Morgan fingerprint density at radius 1 is 1.36 bits per heavy atom. The number of fused-ring (bicyclic) bond motifs is 1. The van der Waals surface area contributed by atoms with Gasteiger partial charge in [-0.2, -0.15) is 0 Å². The zero-order chi connectivity index (χ0) is 18.0. The summed E-state index contributed by atoms with van der Waals surface area (Å²) in [5.41, 5.74) is 4.77. The molecule has 3 rings (SSSR count). The third-order valence-corrected chi connectivity index (χ3v) is 5.69. The van der Waals surface area contributed by atoms with Gasteiger partial charge in [-0.1, -0.05) is 38.1 Å². The fourth-order valence-corrected chi connectivity index (χ4v) is 3.76. The van der Waals surface area contributed by atoms with Crippen LogP contribution in [0.5, 0.6) is 0 Å². The highest BCUT2D eigenvalue weighted by molar-refractivity contribution is 7.14. The molecular weight excluding hydrogens is 334 g/mol. The largest absolute Gasteiger partial charge is 0.326 e. The number of aryl methyl sites for hydroxylation is 1. The van der Waals surface area contributed by atoms with Gasteiger partial charge in [0, 0.05) is 18.9 Å². The van der Waals surface area contributed by atoms with Crippen LogP contribution in [0.3, 0.4) is 0 Å². The predicted molar refractivity (Wildman–Crippen MR) is 99.4 cm³/mol. The van der Waals surface area contributed by atoms with E-state index in [2.05, 4.69) is 10.3 Å². The number of rotatable bonds is 4. The molecule has 0 spiro atoms. The molecule has 0 radical (unpaired) electrons. The Labute approximate surface area is 152 Å². The number of aromatic nitrogens is 1. The van der Waals surface area contributed by atoms with Gasteiger partial charge in [0.25, 0.3) is 0 Å². The number of nitrogens with one attached hydrogen (secondary N) is 1. The lowest BCUT2D eigenvalue weighted by atomic mass is 9.92. The molecular formula is C19H23N3O2S. The number of hydrogen-bond donors (Lipinski definition) is 1. The first kappa shape index (κ1) is 17.6. The molecule has 1 aromatic carbocycles. The Kier molecular flexibility index (Phi) is 5.18. The van der Waals surface area contributed by atoms with Gasteiger partial charge in [-0.15, -0.1) is 11.3 Å². The van der Waals surface area contributed by atoms with Crippen molar-refractivity contribution in [3.8, 4) is 0 Å². The highest BCUT2D eigenvalue weighted by Gasteiger charge is 2.36. The van der Waals surface area contributed by atoms with Crippen molar-refractivity contribution in [1.82, 2.24) is 9.88 Å². The molecule has 1 aliphatic heterocycles. The number of amides is 2. The zero-order valence-corrected chi connectivity index (χ0v) is 15.6. The van der Waals surface area contributed by atoms with Crippen LogP contribution in [0.2, 0.25) is 0 Å². The van der Waals surface area contributed by atoms with Gasteiger partial charge < -0.3 is 10.2 Å². The van der Waals surface area contributed by atoms with Gasteiger partial charge in [0.05, 0.1) is 11.2 Å². The molecule has 2 aromatic rings. The highest BCUT2D eigenvalue weighted by atomic mass is 32.1. The summed E-state index contributed by atoms with van der Waals surface area (Å²) in [4.78, 5) is 31.7. The molecule has 2 unspecified atom stereocenters. The molecule has 25 heavy (non-hydrogen) atoms. The van der Waals surface area contributed by atoms with Crippen LogP contribution in [0, 0.1) is 12.8 Å². The van der Waals surface area contributed by atoms with E-state index in [9.17, 15) is 9.59 Å². The maximum atomic E-state index is 12.9. The first-order chi connectivity index (χ1) is 12.0. The molecule has 0 saturated heterocycles. The van der Waals surface area contributed by atoms with Crippen molar-refractivity contribution >= 4 is 28.2 Å². The molecule has 0 saturated carbocycles. The number of hydrogen-bond acceptors (Lipinski definition) is 4. The first-order valence-electron chi connectivity index (χ1n) is 8.59. The molecule has 1 N–H and O–H groups in total. The summed E-state index contributed by atoms with van der Waals surface area (Å²) in [6.45, 7) is 6.27. The fourth-order valence-electron chi connectivity index (χ4n) is 3.06. The Morgan fingerprint density at radius 3 is 2.72 bits per heavy atom. The molecule has 2 heterocycles. The monoisotopic (exact) mass is 357 g/mol. The van der Waals surface area contributed by atoms with Crippen molar-refractivity contribution in [1.29, 1.82) is 0 Å². The van der Waals surface area contributed by atoms with Crippen molar-refractivity contribution in [2.75, 3.05) is 5.32 Å². The summed E-state index contributed by atoms with van der Waals surface area (Å²) in [5, 5.41) is 3.71. The van der Waals surface area contributed by atoms with E-state index in [1.165, 1.54) is 11.3 Å². The van der Waals surface area contributed by atoms with Gasteiger partial charge in [0.1, 0.15) is 11.0 Å². The number of nitrogens with zero attached hydrogens (tertiary/aromatic N) is 2. The molecule has 1 aliphatic rings. The van der Waals surface area contributed by atoms with Gasteiger partial charge in [-0.25, -0.2) is 4.98 Å². The topological polar surface area (TPSA) is 62.3 Å². The lowest BCUT2D eigenvalue weighted by molar-refractivity contribution is -0.143. The minimum Gasteiger partial charge on any atom is -0.326 e. The average molecular weight is 357 g/mol. The SMILES string of the molecule is CCC(C)C(=O)N1Cc2ccccc2CC1C(=O)Nc1scnc1C. The molecule has 0 bridgehead atoms. The van der Waals surface area contributed by atoms with E-state index in [4.69, 9.17) is 0 Å². The van der Waals surface area contributed by atoms with Crippen LogP contribution in [0.4, 0.5) is 5.00 Å². The Balaban J connectivity index is 1.88. The van der Waals surface area contributed by atoms with E-state index >= 15 is 0 Å². The van der Waals surface area contributed by atoms with Crippen LogP contribution in [0.25, 0.3) is 0 Å². The molecule has 1 aromatic heterocycles. The third-order valence-electron chi connectivity index (χ3n) is 4.85. The zero-order valence-electron chi connectivity index (χ0n) is 14.8. The smallest absolute Gasteiger partial charge is 0.248 e. The molecule has 132 valence electrons. The van der Waals surface area contributed by atoms with Gasteiger partial charge in [-0.05, 0) is 24.5 Å². The Morgan fingerprint density at radius 2 is 2.08 bits per heavy atom. The molecule has 2 atom stereocenters. The van der Waals surface area contributed by atoms with E-state index in [0.717, 1.165) is 28.2 Å². The predicted octanol–water partition coefficient (Wildman–Crippen LogP) is 3.39. The maximum Gasteiger partial charge on any atom is 0.248 e. The van der Waals surface area contributed by atoms with E-state index in [-0.39, 0.29) is 17.7 Å². The summed E-state index contributed by atoms with van der Waals surface area (Å²) in [5.74, 6) is -0.192. The molecule has 0 aliphatic carbocycles. The lowest BCUT2D eigenvalue weighted by Gasteiger charge is -2.37. The average Bonchev–Trinajstić information content (AvgIpc) is 3.03. The standard InChI is InChI=1S/C19H23N3O2S/c1-4-12(2)19(24)22-10-15-8-6-5-7-14(15)9-16(22)17(23)21-18-13(3)20-11-25-18/h5-8,11-12,16H,4,9-10H2,1-3H3,(H,21,23). The van der Waals surface area contributed by atoms with E-state index in [1.54, 1.807) is 10.4 Å². The van der Waals surface area contributed by atoms with E-state index < -0.39 is 6.04 Å². The van der Waals surface area contributed by atoms with Crippen LogP contribution >= 0.6 is 11.3 Å². The van der Waals surface area contributed by atoms with Crippen LogP contribution in [0.1, 0.15) is 37.1 Å². The van der Waals surface area contributed by atoms with Crippen molar-refractivity contribution in [2.24, 2.45) is 5.92 Å². The summed E-state index contributed by atoms with van der Waals surface area (Å²) >= 11 is 1.40. The maximum absolute atomic E-state index is 12.9. The summed E-state index contributed by atoms with van der Waals surface area (Å²) in [6.07, 6.45) is 1.31. The lowest BCUT2D eigenvalue weighted by Crippen LogP contribution is -2.52. The minimum absolute atomic E-state index is 0.0400. The summed E-state index contributed by atoms with van der Waals surface area (Å²) < 4.78 is 0. The van der Waals surface area contributed by atoms with Gasteiger partial charge in [0.15, 0.2) is 0 Å². The Bertz CT molecular complexity index is 786. The highest BCUT2D eigenvalue weighted by Crippen LogP contribution is 2.27. The second-order valence-electron chi connectivity index (χ2n) is 6.52. The van der Waals surface area contributed by atoms with Crippen LogP contribution in [0.15, 0.2) is 29.8 Å². The van der Waals surface area contributed by atoms with Gasteiger partial charge in [0.2, 0.25) is 11.8 Å². The minimum atomic E-state index is -0.488. The van der Waals surface area contributed by atoms with Crippen LogP contribution < -0.4 is 5.32 Å². The second-order valence-corrected chi connectivity index (χ2v) is 7.37. The Hall–Kier alpha value is -2.21. The quantitative estimate of drug-likeness (QED) is 0.912. The number of carbonyl (C=O) groups excluding carboxylic acids is 2. The molecule has 6 heteroatoms. The van der Waals surface area contributed by atoms with E-state index in [1.807, 2.05) is 45.0 Å². The summed E-state index contributed by atoms with van der Waals surface area (Å²) in [6, 6.07) is 7.55. The first-order valence-corrected chi connectivity index (χ1v) is 9.47. The van der Waals surface area contributed by atoms with Gasteiger partial charge >= 0.3 is 0 Å². The molecule has 0 fully saturated rings. The van der Waals surface area contributed by atoms with Crippen molar-refractivity contribution in [2.45, 2.75) is 46.2 Å². The van der Waals surface area contributed by atoms with Crippen LogP contribution in [-0.2, 0) is 22.6 Å². The fraction of sp³-hybridized carbons (Fsp3) is 0.421. The van der Waals surface area contributed by atoms with Crippen molar-refractivity contribution in [3.63, 3.8) is 0 Å². The van der Waals surface area contributed by atoms with Gasteiger partial charge in [-0.3, -0.25) is 9.59 Å². The number of anilines is 1.